The maximum Gasteiger partial charge on any atom is 0.246 e. The minimum atomic E-state index is -0.227. The molecule has 3 rings (SSSR count). The smallest absolute Gasteiger partial charge is 0.246 e. The molecule has 126 valence electrons. The maximum absolute atomic E-state index is 12.8. The molecule has 0 aromatic heterocycles. The van der Waals surface area contributed by atoms with E-state index in [0.29, 0.717) is 11.4 Å². The van der Waals surface area contributed by atoms with Crippen LogP contribution in [0, 0.1) is 12.3 Å². The van der Waals surface area contributed by atoms with E-state index in [1.54, 1.807) is 11.0 Å². The number of carbonyl (C=O) groups excluding carboxylic acids is 2. The van der Waals surface area contributed by atoms with Gasteiger partial charge in [0.25, 0.3) is 0 Å². The molecule has 2 aromatic carbocycles. The van der Waals surface area contributed by atoms with Gasteiger partial charge in [-0.15, -0.1) is 6.42 Å². The molecule has 2 N–H and O–H groups in total. The van der Waals surface area contributed by atoms with E-state index in [4.69, 9.17) is 6.42 Å². The Labute approximate surface area is 147 Å². The van der Waals surface area contributed by atoms with Crippen molar-refractivity contribution < 1.29 is 9.59 Å². The van der Waals surface area contributed by atoms with E-state index in [9.17, 15) is 9.59 Å². The Morgan fingerprint density at radius 3 is 2.92 bits per heavy atom. The van der Waals surface area contributed by atoms with Gasteiger partial charge in [0.1, 0.15) is 0 Å². The summed E-state index contributed by atoms with van der Waals surface area (Å²) in [6.07, 6.45) is 5.66. The van der Waals surface area contributed by atoms with Gasteiger partial charge >= 0.3 is 0 Å². The first kappa shape index (κ1) is 16.6. The predicted molar refractivity (Wildman–Crippen MR) is 99.5 cm³/mol. The topological polar surface area (TPSA) is 61.4 Å². The summed E-state index contributed by atoms with van der Waals surface area (Å²) in [5.41, 5.74) is 2.90. The van der Waals surface area contributed by atoms with E-state index < -0.39 is 0 Å². The normalized spacial score (nSPS) is 16.2. The Morgan fingerprint density at radius 1 is 1.32 bits per heavy atom. The van der Waals surface area contributed by atoms with Crippen molar-refractivity contribution in [1.29, 1.82) is 0 Å². The van der Waals surface area contributed by atoms with Gasteiger partial charge in [0.05, 0.1) is 17.9 Å². The van der Waals surface area contributed by atoms with Crippen LogP contribution in [0.4, 0.5) is 17.1 Å². The summed E-state index contributed by atoms with van der Waals surface area (Å²) in [5.74, 6) is 2.37. The van der Waals surface area contributed by atoms with Crippen LogP contribution in [-0.2, 0) is 9.59 Å². The van der Waals surface area contributed by atoms with Gasteiger partial charge < -0.3 is 15.5 Å². The standard InChI is InChI=1S/C20H19N3O2/c1-3-15-7-6-8-16(12-15)21-13-20(25)23-14(2)11-19(24)22-17-9-4-5-10-18(17)23/h1,4-10,12,14,21H,11,13H2,2H3,(H,22,24)/t14-/m1/s1. The van der Waals surface area contributed by atoms with E-state index in [2.05, 4.69) is 16.6 Å². The van der Waals surface area contributed by atoms with Gasteiger partial charge in [0, 0.05) is 23.7 Å². The van der Waals surface area contributed by atoms with Crippen molar-refractivity contribution in [2.45, 2.75) is 19.4 Å². The zero-order chi connectivity index (χ0) is 17.8. The van der Waals surface area contributed by atoms with Gasteiger partial charge in [-0.05, 0) is 37.3 Å². The minimum absolute atomic E-state index is 0.0927. The molecule has 25 heavy (non-hydrogen) atoms. The highest BCUT2D eigenvalue weighted by atomic mass is 16.2. The average molecular weight is 333 g/mol. The number of fused-ring (bicyclic) bond motifs is 1. The number of carbonyl (C=O) groups is 2. The second-order valence-corrected chi connectivity index (χ2v) is 5.96. The number of rotatable bonds is 3. The first-order valence-corrected chi connectivity index (χ1v) is 8.10. The third kappa shape index (κ3) is 3.64. The van der Waals surface area contributed by atoms with E-state index in [1.165, 1.54) is 0 Å². The number of anilines is 3. The summed E-state index contributed by atoms with van der Waals surface area (Å²) < 4.78 is 0. The zero-order valence-corrected chi connectivity index (χ0v) is 14.0. The largest absolute Gasteiger partial charge is 0.376 e. The molecule has 1 aliphatic heterocycles. The Balaban J connectivity index is 1.80. The third-order valence-corrected chi connectivity index (χ3v) is 4.10. The molecule has 0 fully saturated rings. The van der Waals surface area contributed by atoms with Crippen molar-refractivity contribution >= 4 is 28.9 Å². The number of benzene rings is 2. The fourth-order valence-electron chi connectivity index (χ4n) is 2.95. The Hall–Kier alpha value is -3.26. The quantitative estimate of drug-likeness (QED) is 0.849. The lowest BCUT2D eigenvalue weighted by molar-refractivity contribution is -0.118. The lowest BCUT2D eigenvalue weighted by atomic mass is 10.1. The van der Waals surface area contributed by atoms with Crippen molar-refractivity contribution in [2.24, 2.45) is 0 Å². The van der Waals surface area contributed by atoms with Gasteiger partial charge in [-0.25, -0.2) is 0 Å². The molecule has 5 nitrogen and oxygen atoms in total. The second kappa shape index (κ2) is 7.10. The molecule has 0 spiro atoms. The molecule has 5 heteroatoms. The van der Waals surface area contributed by atoms with E-state index >= 15 is 0 Å². The third-order valence-electron chi connectivity index (χ3n) is 4.10. The lowest BCUT2D eigenvalue weighted by Gasteiger charge is -2.28. The van der Waals surface area contributed by atoms with Gasteiger partial charge in [0.15, 0.2) is 0 Å². The molecule has 1 aliphatic rings. The fourth-order valence-corrected chi connectivity index (χ4v) is 2.95. The molecule has 0 saturated carbocycles. The van der Waals surface area contributed by atoms with Crippen LogP contribution in [-0.4, -0.2) is 24.4 Å². The van der Waals surface area contributed by atoms with Crippen LogP contribution in [0.3, 0.4) is 0 Å². The van der Waals surface area contributed by atoms with E-state index in [-0.39, 0.29) is 30.8 Å². The van der Waals surface area contributed by atoms with Crippen molar-refractivity contribution in [3.05, 3.63) is 54.1 Å². The Bertz CT molecular complexity index is 854. The van der Waals surface area contributed by atoms with Crippen molar-refractivity contribution in [1.82, 2.24) is 0 Å². The zero-order valence-electron chi connectivity index (χ0n) is 14.0. The Morgan fingerprint density at radius 2 is 2.12 bits per heavy atom. The number of para-hydroxylation sites is 2. The van der Waals surface area contributed by atoms with Crippen molar-refractivity contribution in [2.75, 3.05) is 22.1 Å². The molecular formula is C20H19N3O2. The molecular weight excluding hydrogens is 314 g/mol. The summed E-state index contributed by atoms with van der Waals surface area (Å²) in [7, 11) is 0. The highest BCUT2D eigenvalue weighted by Crippen LogP contribution is 2.31. The van der Waals surface area contributed by atoms with Crippen LogP contribution in [0.2, 0.25) is 0 Å². The van der Waals surface area contributed by atoms with Gasteiger partial charge in [-0.1, -0.05) is 24.1 Å². The molecule has 0 aliphatic carbocycles. The maximum atomic E-state index is 12.8. The number of terminal acetylenes is 1. The molecule has 0 bridgehead atoms. The minimum Gasteiger partial charge on any atom is -0.376 e. The molecule has 2 aromatic rings. The van der Waals surface area contributed by atoms with Gasteiger partial charge in [-0.3, -0.25) is 9.59 Å². The number of nitrogens with one attached hydrogen (secondary N) is 2. The van der Waals surface area contributed by atoms with Crippen LogP contribution in [0.5, 0.6) is 0 Å². The molecule has 1 atom stereocenters. The SMILES string of the molecule is C#Cc1cccc(NCC(=O)N2c3ccccc3NC(=O)C[C@H]2C)c1. The van der Waals surface area contributed by atoms with Gasteiger partial charge in [-0.2, -0.15) is 0 Å². The predicted octanol–water partition coefficient (Wildman–Crippen LogP) is 2.84. The number of hydrogen-bond acceptors (Lipinski definition) is 3. The molecule has 2 amide bonds. The highest BCUT2D eigenvalue weighted by Gasteiger charge is 2.29. The fraction of sp³-hybridized carbons (Fsp3) is 0.200. The number of amides is 2. The van der Waals surface area contributed by atoms with E-state index in [0.717, 1.165) is 11.3 Å². The van der Waals surface area contributed by atoms with Crippen molar-refractivity contribution in [3.8, 4) is 12.3 Å². The second-order valence-electron chi connectivity index (χ2n) is 5.96. The molecule has 0 saturated heterocycles. The number of hydrogen-bond donors (Lipinski definition) is 2. The summed E-state index contributed by atoms with van der Waals surface area (Å²) in [4.78, 5) is 26.5. The highest BCUT2D eigenvalue weighted by molar-refractivity contribution is 6.05. The van der Waals surface area contributed by atoms with Crippen LogP contribution < -0.4 is 15.5 Å². The average Bonchev–Trinajstić information content (AvgIpc) is 2.74. The van der Waals surface area contributed by atoms with Crippen LogP contribution in [0.15, 0.2) is 48.5 Å². The summed E-state index contributed by atoms with van der Waals surface area (Å²) in [5, 5.41) is 5.96. The monoisotopic (exact) mass is 333 g/mol. The first-order chi connectivity index (χ1) is 12.1. The summed E-state index contributed by atoms with van der Waals surface area (Å²) in [6.45, 7) is 1.99. The number of nitrogens with zero attached hydrogens (tertiary/aromatic N) is 1. The lowest BCUT2D eigenvalue weighted by Crippen LogP contribution is -2.42. The summed E-state index contributed by atoms with van der Waals surface area (Å²) in [6, 6.07) is 14.5. The Kier molecular flexibility index (Phi) is 4.71. The summed E-state index contributed by atoms with van der Waals surface area (Å²) >= 11 is 0. The molecule has 1 heterocycles. The van der Waals surface area contributed by atoms with Crippen molar-refractivity contribution in [3.63, 3.8) is 0 Å². The van der Waals surface area contributed by atoms with E-state index in [1.807, 2.05) is 49.4 Å². The van der Waals surface area contributed by atoms with Crippen LogP contribution in [0.25, 0.3) is 0 Å². The molecule has 0 radical (unpaired) electrons. The first-order valence-electron chi connectivity index (χ1n) is 8.10. The van der Waals surface area contributed by atoms with Gasteiger partial charge in [0.2, 0.25) is 11.8 Å². The molecule has 0 unspecified atom stereocenters. The van der Waals surface area contributed by atoms with Crippen LogP contribution >= 0.6 is 0 Å². The van der Waals surface area contributed by atoms with Crippen LogP contribution in [0.1, 0.15) is 18.9 Å².